The third-order valence-electron chi connectivity index (χ3n) is 3.13. The maximum Gasteiger partial charge on any atom is 0.189 e. The third kappa shape index (κ3) is 3.31. The lowest BCUT2D eigenvalue weighted by molar-refractivity contribution is 0.104. The molecule has 1 aromatic carbocycles. The number of rotatable bonds is 5. The number of aromatic nitrogens is 2. The zero-order valence-corrected chi connectivity index (χ0v) is 12.6. The van der Waals surface area contributed by atoms with Gasteiger partial charge in [0.1, 0.15) is 11.5 Å². The van der Waals surface area contributed by atoms with Gasteiger partial charge in [0.15, 0.2) is 5.78 Å². The lowest BCUT2D eigenvalue weighted by atomic mass is 10.1. The van der Waals surface area contributed by atoms with Gasteiger partial charge in [-0.15, -0.1) is 0 Å². The van der Waals surface area contributed by atoms with E-state index in [0.717, 1.165) is 5.56 Å². The zero-order valence-electron chi connectivity index (χ0n) is 12.6. The van der Waals surface area contributed by atoms with Gasteiger partial charge < -0.3 is 9.47 Å². The van der Waals surface area contributed by atoms with E-state index in [1.165, 1.54) is 6.08 Å². The van der Waals surface area contributed by atoms with Crippen molar-refractivity contribution in [3.63, 3.8) is 0 Å². The summed E-state index contributed by atoms with van der Waals surface area (Å²) in [4.78, 5) is 12.2. The second-order valence-corrected chi connectivity index (χ2v) is 4.61. The Labute approximate surface area is 123 Å². The molecule has 2 aromatic rings. The molecule has 0 spiro atoms. The fourth-order valence-corrected chi connectivity index (χ4v) is 2.07. The van der Waals surface area contributed by atoms with E-state index >= 15 is 0 Å². The van der Waals surface area contributed by atoms with E-state index in [2.05, 4.69) is 5.10 Å². The first-order valence-corrected chi connectivity index (χ1v) is 6.50. The minimum Gasteiger partial charge on any atom is -0.497 e. The van der Waals surface area contributed by atoms with Crippen molar-refractivity contribution in [1.82, 2.24) is 9.78 Å². The zero-order chi connectivity index (χ0) is 15.4. The number of methoxy groups -OCH3 is 2. The highest BCUT2D eigenvalue weighted by Crippen LogP contribution is 2.25. The summed E-state index contributed by atoms with van der Waals surface area (Å²) in [6.45, 7) is 1.81. The summed E-state index contributed by atoms with van der Waals surface area (Å²) in [6.07, 6.45) is 4.95. The molecular weight excluding hydrogens is 268 g/mol. The van der Waals surface area contributed by atoms with Gasteiger partial charge in [-0.2, -0.15) is 5.10 Å². The van der Waals surface area contributed by atoms with Crippen LogP contribution in [-0.4, -0.2) is 29.8 Å². The molecule has 0 aliphatic rings. The third-order valence-corrected chi connectivity index (χ3v) is 3.13. The van der Waals surface area contributed by atoms with Crippen molar-refractivity contribution in [2.75, 3.05) is 14.2 Å². The molecule has 0 amide bonds. The van der Waals surface area contributed by atoms with Crippen LogP contribution in [0.4, 0.5) is 0 Å². The molecule has 0 N–H and O–H groups in total. The van der Waals surface area contributed by atoms with Crippen LogP contribution >= 0.6 is 0 Å². The molecule has 5 heteroatoms. The topological polar surface area (TPSA) is 53.4 Å². The van der Waals surface area contributed by atoms with E-state index in [9.17, 15) is 4.79 Å². The Balaban J connectivity index is 2.28. The highest BCUT2D eigenvalue weighted by atomic mass is 16.5. The van der Waals surface area contributed by atoms with E-state index in [-0.39, 0.29) is 5.78 Å². The number of ether oxygens (including phenoxy) is 2. The summed E-state index contributed by atoms with van der Waals surface area (Å²) >= 11 is 0. The molecule has 0 bridgehead atoms. The number of hydrogen-bond donors (Lipinski definition) is 0. The van der Waals surface area contributed by atoms with Crippen LogP contribution in [0.5, 0.6) is 11.5 Å². The van der Waals surface area contributed by atoms with Crippen LogP contribution in [0.2, 0.25) is 0 Å². The predicted octanol–water partition coefficient (Wildman–Crippen LogP) is 2.64. The van der Waals surface area contributed by atoms with Gasteiger partial charge in [0.2, 0.25) is 0 Å². The Morgan fingerprint density at radius 3 is 2.62 bits per heavy atom. The summed E-state index contributed by atoms with van der Waals surface area (Å²) in [6, 6.07) is 5.43. The minimum atomic E-state index is -0.0922. The van der Waals surface area contributed by atoms with Gasteiger partial charge in [0.25, 0.3) is 0 Å². The van der Waals surface area contributed by atoms with Crippen LogP contribution in [0.3, 0.4) is 0 Å². The molecule has 110 valence electrons. The van der Waals surface area contributed by atoms with E-state index in [0.29, 0.717) is 22.8 Å². The van der Waals surface area contributed by atoms with Crippen LogP contribution in [0.25, 0.3) is 6.08 Å². The van der Waals surface area contributed by atoms with Crippen LogP contribution < -0.4 is 9.47 Å². The molecule has 0 fully saturated rings. The molecule has 0 aliphatic heterocycles. The largest absolute Gasteiger partial charge is 0.497 e. The maximum absolute atomic E-state index is 12.2. The van der Waals surface area contributed by atoms with Crippen molar-refractivity contribution in [3.8, 4) is 11.5 Å². The van der Waals surface area contributed by atoms with Gasteiger partial charge in [-0.05, 0) is 37.3 Å². The number of carbonyl (C=O) groups excluding carboxylic acids is 1. The van der Waals surface area contributed by atoms with Crippen LogP contribution in [0.15, 0.2) is 30.5 Å². The average molecular weight is 286 g/mol. The second-order valence-electron chi connectivity index (χ2n) is 4.61. The van der Waals surface area contributed by atoms with Crippen molar-refractivity contribution < 1.29 is 14.3 Å². The van der Waals surface area contributed by atoms with Crippen molar-refractivity contribution in [3.05, 3.63) is 47.3 Å². The summed E-state index contributed by atoms with van der Waals surface area (Å²) in [5.41, 5.74) is 2.09. The van der Waals surface area contributed by atoms with E-state index < -0.39 is 0 Å². The van der Waals surface area contributed by atoms with Crippen molar-refractivity contribution in [2.45, 2.75) is 6.92 Å². The Morgan fingerprint density at radius 1 is 1.29 bits per heavy atom. The molecule has 0 unspecified atom stereocenters. The fraction of sp³-hybridized carbons (Fsp3) is 0.250. The highest BCUT2D eigenvalue weighted by Gasteiger charge is 2.10. The van der Waals surface area contributed by atoms with E-state index in [1.807, 2.05) is 19.1 Å². The molecule has 21 heavy (non-hydrogen) atoms. The van der Waals surface area contributed by atoms with Crippen LogP contribution in [0, 0.1) is 6.92 Å². The molecule has 0 radical (unpaired) electrons. The quantitative estimate of drug-likeness (QED) is 0.626. The number of aryl methyl sites for hydroxylation is 2. The van der Waals surface area contributed by atoms with Gasteiger partial charge in [0.05, 0.1) is 25.5 Å². The Bertz CT molecular complexity index is 687. The Hall–Kier alpha value is -2.56. The first kappa shape index (κ1) is 14.8. The lowest BCUT2D eigenvalue weighted by Crippen LogP contribution is -1.95. The number of hydrogen-bond acceptors (Lipinski definition) is 4. The number of nitrogens with zero attached hydrogens (tertiary/aromatic N) is 2. The van der Waals surface area contributed by atoms with Gasteiger partial charge in [-0.3, -0.25) is 9.48 Å². The van der Waals surface area contributed by atoms with Gasteiger partial charge in [0, 0.05) is 18.8 Å². The summed E-state index contributed by atoms with van der Waals surface area (Å²) in [5.74, 6) is 1.30. The Morgan fingerprint density at radius 2 is 2.05 bits per heavy atom. The Kier molecular flexibility index (Phi) is 4.42. The molecule has 5 nitrogen and oxygen atoms in total. The van der Waals surface area contributed by atoms with Gasteiger partial charge in [-0.25, -0.2) is 0 Å². The lowest BCUT2D eigenvalue weighted by Gasteiger charge is -2.06. The SMILES string of the molecule is COc1ccc(OC)c(C=CC(=O)c2cn(C)nc2C)c1. The average Bonchev–Trinajstić information content (AvgIpc) is 2.83. The first-order chi connectivity index (χ1) is 10.0. The summed E-state index contributed by atoms with van der Waals surface area (Å²) in [5, 5.41) is 4.17. The van der Waals surface area contributed by atoms with Crippen molar-refractivity contribution in [1.29, 1.82) is 0 Å². The molecule has 2 rings (SSSR count). The summed E-state index contributed by atoms with van der Waals surface area (Å²) in [7, 11) is 4.98. The van der Waals surface area contributed by atoms with Gasteiger partial charge >= 0.3 is 0 Å². The molecule has 1 aromatic heterocycles. The van der Waals surface area contributed by atoms with Crippen LogP contribution in [-0.2, 0) is 7.05 Å². The summed E-state index contributed by atoms with van der Waals surface area (Å²) < 4.78 is 12.1. The van der Waals surface area contributed by atoms with Crippen LogP contribution in [0.1, 0.15) is 21.6 Å². The molecular formula is C16H18N2O3. The number of allylic oxidation sites excluding steroid dienone is 1. The van der Waals surface area contributed by atoms with E-state index in [4.69, 9.17) is 9.47 Å². The standard InChI is InChI=1S/C16H18N2O3/c1-11-14(10-18(2)17-11)15(19)7-5-12-9-13(20-3)6-8-16(12)21-4/h5-10H,1-4H3. The molecule has 0 aliphatic carbocycles. The number of benzene rings is 1. The normalized spacial score (nSPS) is 10.9. The highest BCUT2D eigenvalue weighted by molar-refractivity contribution is 6.07. The molecule has 0 saturated heterocycles. The monoisotopic (exact) mass is 286 g/mol. The predicted molar refractivity (Wildman–Crippen MR) is 80.9 cm³/mol. The minimum absolute atomic E-state index is 0.0922. The van der Waals surface area contributed by atoms with Gasteiger partial charge in [-0.1, -0.05) is 0 Å². The number of ketones is 1. The molecule has 0 atom stereocenters. The molecule has 0 saturated carbocycles. The second kappa shape index (κ2) is 6.26. The number of carbonyl (C=O) groups is 1. The van der Waals surface area contributed by atoms with E-state index in [1.54, 1.807) is 44.3 Å². The smallest absolute Gasteiger partial charge is 0.189 e. The van der Waals surface area contributed by atoms with Crippen molar-refractivity contribution >= 4 is 11.9 Å². The maximum atomic E-state index is 12.2. The molecule has 1 heterocycles. The fourth-order valence-electron chi connectivity index (χ4n) is 2.07. The van der Waals surface area contributed by atoms with Crippen molar-refractivity contribution in [2.24, 2.45) is 7.05 Å². The first-order valence-electron chi connectivity index (χ1n) is 6.50.